The molecule has 6 nitrogen and oxygen atoms in total. The zero-order chi connectivity index (χ0) is 18.8. The molecule has 0 bridgehead atoms. The molecule has 3 N–H and O–H groups in total. The van der Waals surface area contributed by atoms with Gasteiger partial charge in [0.25, 0.3) is 5.91 Å². The minimum Gasteiger partial charge on any atom is -0.504 e. The molecule has 0 spiro atoms. The van der Waals surface area contributed by atoms with E-state index >= 15 is 0 Å². The molecule has 27 heavy (non-hydrogen) atoms. The monoisotopic (exact) mass is 392 g/mol. The van der Waals surface area contributed by atoms with Crippen molar-refractivity contribution in [2.45, 2.75) is 45.6 Å². The lowest BCUT2D eigenvalue weighted by Gasteiger charge is -2.37. The van der Waals surface area contributed by atoms with Crippen LogP contribution in [0.1, 0.15) is 55.6 Å². The van der Waals surface area contributed by atoms with Crippen LogP contribution in [0.4, 0.5) is 0 Å². The number of amides is 1. The van der Waals surface area contributed by atoms with Crippen LogP contribution < -0.4 is 5.73 Å². The van der Waals surface area contributed by atoms with Gasteiger partial charge in [-0.25, -0.2) is 4.68 Å². The van der Waals surface area contributed by atoms with Gasteiger partial charge >= 0.3 is 0 Å². The fraction of sp³-hybridized carbons (Fsp3) is 0.500. The Kier molecular flexibility index (Phi) is 6.89. The molecule has 1 saturated heterocycles. The van der Waals surface area contributed by atoms with Crippen LogP contribution >= 0.6 is 12.4 Å². The van der Waals surface area contributed by atoms with Crippen molar-refractivity contribution >= 4 is 18.3 Å². The van der Waals surface area contributed by atoms with E-state index in [0.717, 1.165) is 18.5 Å². The number of carbonyl (C=O) groups excluding carboxylic acids is 1. The molecule has 1 aliphatic rings. The maximum atomic E-state index is 12.9. The van der Waals surface area contributed by atoms with Gasteiger partial charge in [-0.3, -0.25) is 4.79 Å². The number of hydrogen-bond donors (Lipinski definition) is 2. The fourth-order valence-electron chi connectivity index (χ4n) is 3.54. The molecule has 1 aliphatic heterocycles. The minimum absolute atomic E-state index is 0. The Morgan fingerprint density at radius 3 is 2.59 bits per heavy atom. The summed E-state index contributed by atoms with van der Waals surface area (Å²) in [5, 5.41) is 14.6. The average Bonchev–Trinajstić information content (AvgIpc) is 3.02. The second-order valence-electron chi connectivity index (χ2n) is 7.57. The zero-order valence-electron chi connectivity index (χ0n) is 16.1. The van der Waals surface area contributed by atoms with Crippen LogP contribution in [0, 0.1) is 5.92 Å². The highest BCUT2D eigenvalue weighted by atomic mass is 35.5. The first-order chi connectivity index (χ1) is 12.4. The Morgan fingerprint density at radius 1 is 1.33 bits per heavy atom. The number of aromatic hydroxyl groups is 1. The van der Waals surface area contributed by atoms with Crippen molar-refractivity contribution < 1.29 is 9.90 Å². The number of likely N-dealkylation sites (tertiary alicyclic amines) is 1. The van der Waals surface area contributed by atoms with Crippen LogP contribution in [0.3, 0.4) is 0 Å². The Balaban J connectivity index is 0.00000261. The highest BCUT2D eigenvalue weighted by Gasteiger charge is 2.32. The summed E-state index contributed by atoms with van der Waals surface area (Å²) in [6, 6.07) is 7.97. The van der Waals surface area contributed by atoms with Crippen LogP contribution in [-0.2, 0) is 0 Å². The Labute approximate surface area is 166 Å². The van der Waals surface area contributed by atoms with Gasteiger partial charge in [0.05, 0.1) is 11.9 Å². The van der Waals surface area contributed by atoms with E-state index in [1.807, 2.05) is 24.3 Å². The number of nitrogens with two attached hydrogens (primary N) is 1. The van der Waals surface area contributed by atoms with Gasteiger partial charge in [-0.05, 0) is 42.4 Å². The van der Waals surface area contributed by atoms with E-state index < -0.39 is 0 Å². The molecule has 1 aromatic heterocycles. The largest absolute Gasteiger partial charge is 0.504 e. The number of aromatic nitrogens is 2. The highest BCUT2D eigenvalue weighted by molar-refractivity contribution is 5.95. The molecule has 0 saturated carbocycles. The third kappa shape index (κ3) is 4.45. The molecule has 1 aromatic carbocycles. The summed E-state index contributed by atoms with van der Waals surface area (Å²) in [7, 11) is 0. The first-order valence-corrected chi connectivity index (χ1v) is 9.30. The molecule has 7 heteroatoms. The van der Waals surface area contributed by atoms with E-state index in [0.29, 0.717) is 24.9 Å². The second kappa shape index (κ2) is 8.76. The van der Waals surface area contributed by atoms with Crippen molar-refractivity contribution in [3.8, 4) is 11.4 Å². The Bertz CT molecular complexity index is 773. The third-order valence-corrected chi connectivity index (χ3v) is 5.23. The molecule has 2 aromatic rings. The predicted molar refractivity (Wildman–Crippen MR) is 109 cm³/mol. The first kappa shape index (κ1) is 21.3. The predicted octanol–water partition coefficient (Wildman–Crippen LogP) is 3.32. The van der Waals surface area contributed by atoms with Gasteiger partial charge in [-0.1, -0.05) is 32.9 Å². The second-order valence-corrected chi connectivity index (χ2v) is 7.57. The summed E-state index contributed by atoms with van der Waals surface area (Å²) in [5.74, 6) is 0.653. The Hall–Kier alpha value is -2.05. The SMILES string of the molecule is CC1CCN(C(=O)c2nn(-c3ccc(C(C)C)cc3)cc2O)C(CN)C1.Cl. The van der Waals surface area contributed by atoms with Crippen LogP contribution in [0.15, 0.2) is 30.5 Å². The lowest BCUT2D eigenvalue weighted by Crippen LogP contribution is -2.49. The molecule has 0 radical (unpaired) electrons. The van der Waals surface area contributed by atoms with E-state index in [2.05, 4.69) is 25.9 Å². The molecule has 2 heterocycles. The smallest absolute Gasteiger partial charge is 0.278 e. The quantitative estimate of drug-likeness (QED) is 0.835. The standard InChI is InChI=1S/C20H28N4O2.ClH/c1-13(2)15-4-6-16(7-5-15)24-12-18(25)19(22-24)20(26)23-9-8-14(3)10-17(23)11-21;/h4-7,12-14,17,25H,8-11,21H2,1-3H3;1H. The summed E-state index contributed by atoms with van der Waals surface area (Å²) in [6.07, 6.45) is 3.32. The van der Waals surface area contributed by atoms with Crippen molar-refractivity contribution in [3.05, 3.63) is 41.7 Å². The van der Waals surface area contributed by atoms with E-state index in [1.54, 1.807) is 9.58 Å². The van der Waals surface area contributed by atoms with Crippen LogP contribution in [0.25, 0.3) is 5.69 Å². The molecule has 2 unspecified atom stereocenters. The number of benzene rings is 1. The van der Waals surface area contributed by atoms with Gasteiger partial charge in [-0.2, -0.15) is 5.10 Å². The lowest BCUT2D eigenvalue weighted by molar-refractivity contribution is 0.0564. The normalized spacial score (nSPS) is 19.8. The molecule has 1 fully saturated rings. The summed E-state index contributed by atoms with van der Waals surface area (Å²) >= 11 is 0. The number of halogens is 1. The van der Waals surface area contributed by atoms with Crippen LogP contribution in [0.2, 0.25) is 0 Å². The fourth-order valence-corrected chi connectivity index (χ4v) is 3.54. The number of hydrogen-bond acceptors (Lipinski definition) is 4. The van der Waals surface area contributed by atoms with Gasteiger partial charge in [0.2, 0.25) is 0 Å². The molecule has 0 aliphatic carbocycles. The van der Waals surface area contributed by atoms with Crippen molar-refractivity contribution in [2.24, 2.45) is 11.7 Å². The number of piperidine rings is 1. The van der Waals surface area contributed by atoms with Gasteiger partial charge in [-0.15, -0.1) is 12.4 Å². The summed E-state index contributed by atoms with van der Waals surface area (Å²) < 4.78 is 1.55. The molecule has 3 rings (SSSR count). The molecule has 148 valence electrons. The van der Waals surface area contributed by atoms with Gasteiger partial charge < -0.3 is 15.7 Å². The van der Waals surface area contributed by atoms with Crippen molar-refractivity contribution in [3.63, 3.8) is 0 Å². The van der Waals surface area contributed by atoms with E-state index in [9.17, 15) is 9.90 Å². The summed E-state index contributed by atoms with van der Waals surface area (Å²) in [5.41, 5.74) is 7.99. The zero-order valence-corrected chi connectivity index (χ0v) is 16.9. The first-order valence-electron chi connectivity index (χ1n) is 9.30. The maximum absolute atomic E-state index is 12.9. The van der Waals surface area contributed by atoms with Gasteiger partial charge in [0.1, 0.15) is 0 Å². The summed E-state index contributed by atoms with van der Waals surface area (Å²) in [6.45, 7) is 7.53. The molecule has 1 amide bonds. The van der Waals surface area contributed by atoms with Crippen molar-refractivity contribution in [1.29, 1.82) is 0 Å². The average molecular weight is 393 g/mol. The van der Waals surface area contributed by atoms with Crippen molar-refractivity contribution in [1.82, 2.24) is 14.7 Å². The number of carbonyl (C=O) groups is 1. The van der Waals surface area contributed by atoms with E-state index in [-0.39, 0.29) is 35.8 Å². The molecular weight excluding hydrogens is 364 g/mol. The molecular formula is C20H29ClN4O2. The summed E-state index contributed by atoms with van der Waals surface area (Å²) in [4.78, 5) is 14.7. The topological polar surface area (TPSA) is 84.4 Å². The van der Waals surface area contributed by atoms with Crippen LogP contribution in [0.5, 0.6) is 5.75 Å². The van der Waals surface area contributed by atoms with Crippen LogP contribution in [-0.4, -0.2) is 44.8 Å². The van der Waals surface area contributed by atoms with Crippen molar-refractivity contribution in [2.75, 3.05) is 13.1 Å². The van der Waals surface area contributed by atoms with E-state index in [1.165, 1.54) is 11.8 Å². The lowest BCUT2D eigenvalue weighted by atomic mass is 9.92. The maximum Gasteiger partial charge on any atom is 0.278 e. The number of nitrogens with zero attached hydrogens (tertiary/aromatic N) is 3. The highest BCUT2D eigenvalue weighted by Crippen LogP contribution is 2.27. The third-order valence-electron chi connectivity index (χ3n) is 5.23. The molecule has 2 atom stereocenters. The minimum atomic E-state index is -0.248. The van der Waals surface area contributed by atoms with Gasteiger partial charge in [0, 0.05) is 19.1 Å². The number of rotatable bonds is 4. The Morgan fingerprint density at radius 2 is 2.00 bits per heavy atom. The van der Waals surface area contributed by atoms with E-state index in [4.69, 9.17) is 5.73 Å². The van der Waals surface area contributed by atoms with Gasteiger partial charge in [0.15, 0.2) is 11.4 Å².